The molecule has 1 aliphatic rings. The normalized spacial score (nSPS) is 14.1. The molecule has 0 saturated carbocycles. The second-order valence-corrected chi connectivity index (χ2v) is 6.88. The number of amides is 1. The molecule has 1 amide bonds. The largest absolute Gasteiger partial charge is 0.371 e. The highest BCUT2D eigenvalue weighted by Gasteiger charge is 2.21. The summed E-state index contributed by atoms with van der Waals surface area (Å²) in [5.74, 6) is -0.470. The van der Waals surface area contributed by atoms with E-state index in [0.29, 0.717) is 16.8 Å². The zero-order valence-corrected chi connectivity index (χ0v) is 15.8. The molecule has 0 unspecified atom stereocenters. The molecule has 1 N–H and O–H groups in total. The summed E-state index contributed by atoms with van der Waals surface area (Å²) in [6.45, 7) is 8.66. The molecule has 1 saturated heterocycles. The molecular weight excluding hydrogens is 331 g/mol. The first-order valence-corrected chi connectivity index (χ1v) is 9.37. The van der Waals surface area contributed by atoms with Gasteiger partial charge in [-0.1, -0.05) is 13.0 Å². The standard InChI is InChI=1S/C20H27FN4O/c1-4-10-25-15(3)19(14(2)23-25)20(26)22-13-16-17(21)8-7-9-18(16)24-11-5-6-12-24/h7-9H,4-6,10-13H2,1-3H3,(H,22,26). The number of nitrogens with zero attached hydrogens (tertiary/aromatic N) is 3. The van der Waals surface area contributed by atoms with Crippen molar-refractivity contribution < 1.29 is 9.18 Å². The number of hydrogen-bond acceptors (Lipinski definition) is 3. The third-order valence-electron chi connectivity index (χ3n) is 5.01. The van der Waals surface area contributed by atoms with Crippen LogP contribution in [0.15, 0.2) is 18.2 Å². The second kappa shape index (κ2) is 7.89. The van der Waals surface area contributed by atoms with Crippen LogP contribution in [-0.4, -0.2) is 28.8 Å². The summed E-state index contributed by atoms with van der Waals surface area (Å²) < 4.78 is 16.3. The van der Waals surface area contributed by atoms with E-state index in [9.17, 15) is 9.18 Å². The molecule has 6 heteroatoms. The van der Waals surface area contributed by atoms with Crippen LogP contribution >= 0.6 is 0 Å². The lowest BCUT2D eigenvalue weighted by atomic mass is 10.1. The Morgan fingerprint density at radius 3 is 2.69 bits per heavy atom. The predicted octanol–water partition coefficient (Wildman–Crippen LogP) is 3.58. The summed E-state index contributed by atoms with van der Waals surface area (Å²) in [5, 5.41) is 7.35. The number of anilines is 1. The van der Waals surface area contributed by atoms with Crippen LogP contribution in [0.4, 0.5) is 10.1 Å². The quantitative estimate of drug-likeness (QED) is 0.859. The molecule has 0 bridgehead atoms. The Balaban J connectivity index is 1.78. The lowest BCUT2D eigenvalue weighted by molar-refractivity contribution is 0.0949. The minimum absolute atomic E-state index is 0.176. The Labute approximate surface area is 154 Å². The molecule has 3 rings (SSSR count). The van der Waals surface area contributed by atoms with E-state index in [-0.39, 0.29) is 18.3 Å². The van der Waals surface area contributed by atoms with Crippen molar-refractivity contribution in [1.82, 2.24) is 15.1 Å². The Bertz CT molecular complexity index is 793. The van der Waals surface area contributed by atoms with Gasteiger partial charge in [0.25, 0.3) is 5.91 Å². The van der Waals surface area contributed by atoms with E-state index >= 15 is 0 Å². The van der Waals surface area contributed by atoms with Crippen LogP contribution in [0.5, 0.6) is 0 Å². The van der Waals surface area contributed by atoms with E-state index in [0.717, 1.165) is 50.3 Å². The summed E-state index contributed by atoms with van der Waals surface area (Å²) in [6.07, 6.45) is 3.20. The zero-order chi connectivity index (χ0) is 18.7. The number of rotatable bonds is 6. The van der Waals surface area contributed by atoms with Crippen LogP contribution < -0.4 is 10.2 Å². The molecule has 5 nitrogen and oxygen atoms in total. The van der Waals surface area contributed by atoms with E-state index in [1.54, 1.807) is 6.07 Å². The molecule has 0 spiro atoms. The number of carbonyl (C=O) groups is 1. The monoisotopic (exact) mass is 358 g/mol. The first kappa shape index (κ1) is 18.4. The average Bonchev–Trinajstić information content (AvgIpc) is 3.23. The third-order valence-corrected chi connectivity index (χ3v) is 5.01. The van der Waals surface area contributed by atoms with Crippen molar-refractivity contribution in [2.24, 2.45) is 0 Å². The lowest BCUT2D eigenvalue weighted by Gasteiger charge is -2.22. The number of benzene rings is 1. The first-order chi connectivity index (χ1) is 12.5. The number of aryl methyl sites for hydroxylation is 2. The van der Waals surface area contributed by atoms with Gasteiger partial charge in [0.1, 0.15) is 5.82 Å². The summed E-state index contributed by atoms with van der Waals surface area (Å²) in [4.78, 5) is 14.9. The van der Waals surface area contributed by atoms with Crippen molar-refractivity contribution in [1.29, 1.82) is 0 Å². The van der Waals surface area contributed by atoms with Crippen LogP contribution in [0.25, 0.3) is 0 Å². The molecule has 0 atom stereocenters. The minimum atomic E-state index is -0.273. The second-order valence-electron chi connectivity index (χ2n) is 6.88. The summed E-state index contributed by atoms with van der Waals surface area (Å²) in [7, 11) is 0. The average molecular weight is 358 g/mol. The van der Waals surface area contributed by atoms with Crippen molar-refractivity contribution >= 4 is 11.6 Å². The number of aromatic nitrogens is 2. The van der Waals surface area contributed by atoms with E-state index in [1.807, 2.05) is 24.6 Å². The van der Waals surface area contributed by atoms with Gasteiger partial charge in [0.15, 0.2) is 0 Å². The highest BCUT2D eigenvalue weighted by Crippen LogP contribution is 2.26. The van der Waals surface area contributed by atoms with Crippen molar-refractivity contribution in [3.05, 3.63) is 46.5 Å². The predicted molar refractivity (Wildman–Crippen MR) is 101 cm³/mol. The molecule has 1 aromatic heterocycles. The van der Waals surface area contributed by atoms with Gasteiger partial charge in [0.05, 0.1) is 11.3 Å². The minimum Gasteiger partial charge on any atom is -0.371 e. The van der Waals surface area contributed by atoms with Crippen molar-refractivity contribution in [2.75, 3.05) is 18.0 Å². The molecule has 2 aromatic rings. The fourth-order valence-electron chi connectivity index (χ4n) is 3.69. The van der Waals surface area contributed by atoms with Crippen molar-refractivity contribution in [3.8, 4) is 0 Å². The SMILES string of the molecule is CCCn1nc(C)c(C(=O)NCc2c(F)cccc2N2CCCC2)c1C. The van der Waals surface area contributed by atoms with Crippen LogP contribution in [0, 0.1) is 19.7 Å². The fourth-order valence-corrected chi connectivity index (χ4v) is 3.69. The van der Waals surface area contributed by atoms with E-state index < -0.39 is 0 Å². The van der Waals surface area contributed by atoms with Gasteiger partial charge >= 0.3 is 0 Å². The van der Waals surface area contributed by atoms with Crippen LogP contribution in [0.2, 0.25) is 0 Å². The maximum Gasteiger partial charge on any atom is 0.255 e. The number of nitrogens with one attached hydrogen (secondary N) is 1. The summed E-state index contributed by atoms with van der Waals surface area (Å²) in [6, 6.07) is 5.12. The van der Waals surface area contributed by atoms with Crippen LogP contribution in [0.1, 0.15) is 53.5 Å². The maximum atomic E-state index is 14.4. The topological polar surface area (TPSA) is 50.2 Å². The number of carbonyl (C=O) groups excluding carboxylic acids is 1. The van der Waals surface area contributed by atoms with Crippen LogP contribution in [-0.2, 0) is 13.1 Å². The van der Waals surface area contributed by atoms with E-state index in [4.69, 9.17) is 0 Å². The van der Waals surface area contributed by atoms with E-state index in [2.05, 4.69) is 22.2 Å². The lowest BCUT2D eigenvalue weighted by Crippen LogP contribution is -2.27. The van der Waals surface area contributed by atoms with Gasteiger partial charge in [-0.15, -0.1) is 0 Å². The van der Waals surface area contributed by atoms with Crippen LogP contribution in [0.3, 0.4) is 0 Å². The smallest absolute Gasteiger partial charge is 0.255 e. The molecule has 140 valence electrons. The Kier molecular flexibility index (Phi) is 5.59. The van der Waals surface area contributed by atoms with Gasteiger partial charge in [-0.25, -0.2) is 4.39 Å². The van der Waals surface area contributed by atoms with Gasteiger partial charge in [0.2, 0.25) is 0 Å². The van der Waals surface area contributed by atoms with Crippen molar-refractivity contribution in [2.45, 2.75) is 53.1 Å². The van der Waals surface area contributed by atoms with Gasteiger partial charge in [0, 0.05) is 43.1 Å². The van der Waals surface area contributed by atoms with Gasteiger partial charge in [-0.3, -0.25) is 9.48 Å². The number of hydrogen-bond donors (Lipinski definition) is 1. The van der Waals surface area contributed by atoms with Gasteiger partial charge < -0.3 is 10.2 Å². The third kappa shape index (κ3) is 3.59. The van der Waals surface area contributed by atoms with Gasteiger partial charge in [-0.2, -0.15) is 5.10 Å². The molecule has 26 heavy (non-hydrogen) atoms. The summed E-state index contributed by atoms with van der Waals surface area (Å²) in [5.41, 5.74) is 3.60. The molecule has 1 aliphatic heterocycles. The molecule has 0 aliphatic carbocycles. The summed E-state index contributed by atoms with van der Waals surface area (Å²) >= 11 is 0. The molecule has 0 radical (unpaired) electrons. The highest BCUT2D eigenvalue weighted by molar-refractivity contribution is 5.96. The maximum absolute atomic E-state index is 14.4. The Hall–Kier alpha value is -2.37. The number of halogens is 1. The van der Waals surface area contributed by atoms with Gasteiger partial charge in [-0.05, 0) is 45.2 Å². The van der Waals surface area contributed by atoms with Crippen molar-refractivity contribution in [3.63, 3.8) is 0 Å². The Morgan fingerprint density at radius 2 is 2.00 bits per heavy atom. The molecule has 1 aromatic carbocycles. The molecule has 1 fully saturated rings. The zero-order valence-electron chi connectivity index (χ0n) is 15.8. The fraction of sp³-hybridized carbons (Fsp3) is 0.500. The molecule has 2 heterocycles. The molecular formula is C20H27FN4O. The highest BCUT2D eigenvalue weighted by atomic mass is 19.1. The first-order valence-electron chi connectivity index (χ1n) is 9.37. The Morgan fingerprint density at radius 1 is 1.27 bits per heavy atom. The van der Waals surface area contributed by atoms with E-state index in [1.165, 1.54) is 6.07 Å².